The lowest BCUT2D eigenvalue weighted by atomic mass is 10.1. The fourth-order valence-electron chi connectivity index (χ4n) is 0.975. The Balaban J connectivity index is 3.14. The highest BCUT2D eigenvalue weighted by atomic mass is 127. The Bertz CT molecular complexity index is 270. The van der Waals surface area contributed by atoms with Gasteiger partial charge in [-0.25, -0.2) is 0 Å². The first-order valence-corrected chi connectivity index (χ1v) is 4.48. The molecule has 0 fully saturated rings. The van der Waals surface area contributed by atoms with Crippen molar-refractivity contribution in [3.05, 3.63) is 35.4 Å². The molecule has 66 valence electrons. The quantitative estimate of drug-likeness (QED) is 0.655. The summed E-state index contributed by atoms with van der Waals surface area (Å²) in [6, 6.07) is 6.30. The minimum atomic E-state index is -2.83. The van der Waals surface area contributed by atoms with Crippen LogP contribution in [0.15, 0.2) is 24.3 Å². The van der Waals surface area contributed by atoms with Gasteiger partial charge in [0.25, 0.3) is 0 Å². The predicted molar refractivity (Wildman–Crippen MR) is 52.2 cm³/mol. The second kappa shape index (κ2) is 3.66. The molecule has 0 radical (unpaired) electrons. The molecule has 1 aromatic carbocycles. The molecule has 0 aliphatic rings. The zero-order chi connectivity index (χ0) is 9.19. The molecule has 0 heterocycles. The number of rotatable bonds is 2. The summed E-state index contributed by atoms with van der Waals surface area (Å²) < 4.78 is 22.8. The third kappa shape index (κ3) is 2.13. The van der Waals surface area contributed by atoms with Crippen LogP contribution in [0.3, 0.4) is 0 Å². The van der Waals surface area contributed by atoms with Crippen molar-refractivity contribution in [2.75, 3.05) is 0 Å². The van der Waals surface area contributed by atoms with Crippen LogP contribution in [-0.4, -0.2) is 0 Å². The molecule has 0 atom stereocenters. The van der Waals surface area contributed by atoms with Gasteiger partial charge in [0.1, 0.15) is 0 Å². The fraction of sp³-hybridized carbons (Fsp3) is 0.250. The summed E-state index contributed by atoms with van der Waals surface area (Å²) in [6.07, 6.45) is 0. The number of nitrogens with two attached hydrogens (primary N) is 1. The van der Waals surface area contributed by atoms with Crippen LogP contribution in [0.4, 0.5) is 8.78 Å². The van der Waals surface area contributed by atoms with Gasteiger partial charge in [-0.1, -0.05) is 24.3 Å². The third-order valence-corrected chi connectivity index (χ3v) is 2.12. The molecule has 0 unspecified atom stereocenters. The van der Waals surface area contributed by atoms with Crippen molar-refractivity contribution >= 4 is 22.6 Å². The highest BCUT2D eigenvalue weighted by Crippen LogP contribution is 2.36. The molecule has 12 heavy (non-hydrogen) atoms. The van der Waals surface area contributed by atoms with E-state index >= 15 is 0 Å². The first kappa shape index (κ1) is 9.85. The predicted octanol–water partition coefficient (Wildman–Crippen LogP) is 2.63. The molecule has 0 aliphatic carbocycles. The molecule has 1 nitrogen and oxygen atoms in total. The van der Waals surface area contributed by atoms with Gasteiger partial charge in [0.05, 0.1) is 0 Å². The van der Waals surface area contributed by atoms with E-state index in [0.717, 1.165) is 22.6 Å². The van der Waals surface area contributed by atoms with Gasteiger partial charge < -0.3 is 5.73 Å². The van der Waals surface area contributed by atoms with Crippen molar-refractivity contribution in [1.29, 1.82) is 0 Å². The van der Waals surface area contributed by atoms with Crippen LogP contribution in [0.5, 0.6) is 0 Å². The summed E-state index contributed by atoms with van der Waals surface area (Å²) in [5.41, 5.74) is 5.82. The van der Waals surface area contributed by atoms with Crippen LogP contribution >= 0.6 is 22.6 Å². The molecule has 0 saturated heterocycles. The van der Waals surface area contributed by atoms with Crippen molar-refractivity contribution in [3.8, 4) is 0 Å². The molecule has 0 amide bonds. The van der Waals surface area contributed by atoms with Gasteiger partial charge in [-0.15, -0.1) is 0 Å². The lowest BCUT2D eigenvalue weighted by Gasteiger charge is -2.12. The topological polar surface area (TPSA) is 26.0 Å². The van der Waals surface area contributed by atoms with Crippen LogP contribution in [0.2, 0.25) is 0 Å². The maximum atomic E-state index is 12.8. The lowest BCUT2D eigenvalue weighted by molar-refractivity contribution is 0.126. The fourth-order valence-corrected chi connectivity index (χ4v) is 1.50. The Kier molecular flexibility index (Phi) is 3.00. The molecule has 1 aromatic rings. The van der Waals surface area contributed by atoms with E-state index in [1.54, 1.807) is 18.2 Å². The van der Waals surface area contributed by atoms with E-state index in [-0.39, 0.29) is 12.1 Å². The van der Waals surface area contributed by atoms with Gasteiger partial charge in [0.15, 0.2) is 0 Å². The average molecular weight is 283 g/mol. The Morgan fingerprint density at radius 2 is 1.92 bits per heavy atom. The van der Waals surface area contributed by atoms with Crippen molar-refractivity contribution in [2.45, 2.75) is 10.5 Å². The van der Waals surface area contributed by atoms with Gasteiger partial charge in [-0.05, 0) is 5.56 Å². The number of benzene rings is 1. The van der Waals surface area contributed by atoms with Crippen LogP contribution in [0.1, 0.15) is 11.1 Å². The molecule has 0 spiro atoms. The van der Waals surface area contributed by atoms with Gasteiger partial charge >= 0.3 is 3.93 Å². The van der Waals surface area contributed by atoms with E-state index in [2.05, 4.69) is 0 Å². The van der Waals surface area contributed by atoms with E-state index in [0.29, 0.717) is 5.56 Å². The molecule has 4 heteroatoms. The average Bonchev–Trinajstić information content (AvgIpc) is 2.03. The molecule has 0 bridgehead atoms. The third-order valence-electron chi connectivity index (χ3n) is 1.54. The number of hydrogen-bond acceptors (Lipinski definition) is 1. The minimum Gasteiger partial charge on any atom is -0.326 e. The largest absolute Gasteiger partial charge is 0.326 e. The summed E-state index contributed by atoms with van der Waals surface area (Å²) >= 11 is 1.10. The Hall–Kier alpha value is -0.230. The van der Waals surface area contributed by atoms with Crippen LogP contribution in [0, 0.1) is 0 Å². The zero-order valence-electron chi connectivity index (χ0n) is 6.23. The van der Waals surface area contributed by atoms with Gasteiger partial charge in [0.2, 0.25) is 0 Å². The first-order valence-electron chi connectivity index (χ1n) is 3.41. The summed E-state index contributed by atoms with van der Waals surface area (Å²) in [7, 11) is 0. The van der Waals surface area contributed by atoms with Gasteiger partial charge in [-0.2, -0.15) is 8.78 Å². The van der Waals surface area contributed by atoms with Gasteiger partial charge in [0, 0.05) is 34.7 Å². The molecular weight excluding hydrogens is 275 g/mol. The van der Waals surface area contributed by atoms with Crippen LogP contribution in [-0.2, 0) is 10.5 Å². The van der Waals surface area contributed by atoms with Crippen LogP contribution in [0.25, 0.3) is 0 Å². The van der Waals surface area contributed by atoms with Crippen molar-refractivity contribution in [3.63, 3.8) is 0 Å². The molecule has 0 aromatic heterocycles. The SMILES string of the molecule is NCc1ccccc1C(F)(F)I. The smallest absolute Gasteiger partial charge is 0.321 e. The normalized spacial score (nSPS) is 11.7. The van der Waals surface area contributed by atoms with E-state index in [9.17, 15) is 8.78 Å². The Labute approximate surface area is 83.1 Å². The maximum absolute atomic E-state index is 12.8. The first-order chi connectivity index (χ1) is 5.55. The summed E-state index contributed by atoms with van der Waals surface area (Å²) in [5, 5.41) is 0. The lowest BCUT2D eigenvalue weighted by Crippen LogP contribution is -2.09. The second-order valence-electron chi connectivity index (χ2n) is 2.36. The van der Waals surface area contributed by atoms with Crippen LogP contribution < -0.4 is 5.73 Å². The van der Waals surface area contributed by atoms with E-state index in [1.807, 2.05) is 0 Å². The van der Waals surface area contributed by atoms with E-state index in [4.69, 9.17) is 5.73 Å². The molecule has 1 rings (SSSR count). The maximum Gasteiger partial charge on any atom is 0.321 e. The van der Waals surface area contributed by atoms with Gasteiger partial charge in [-0.3, -0.25) is 0 Å². The molecule has 0 aliphatic heterocycles. The molecular formula is C8H8F2IN. The highest BCUT2D eigenvalue weighted by Gasteiger charge is 2.28. The summed E-state index contributed by atoms with van der Waals surface area (Å²) in [5.74, 6) is 0. The van der Waals surface area contributed by atoms with Crippen molar-refractivity contribution < 1.29 is 8.78 Å². The van der Waals surface area contributed by atoms with Crippen molar-refractivity contribution in [1.82, 2.24) is 0 Å². The number of alkyl halides is 3. The minimum absolute atomic E-state index is 0.00750. The number of halogens is 3. The molecule has 0 saturated carbocycles. The van der Waals surface area contributed by atoms with Crippen molar-refractivity contribution in [2.24, 2.45) is 5.73 Å². The standard InChI is InChI=1S/C8H8F2IN/c9-8(10,11)7-4-2-1-3-6(7)5-12/h1-4H,5,12H2. The van der Waals surface area contributed by atoms with E-state index in [1.165, 1.54) is 6.07 Å². The Morgan fingerprint density at radius 1 is 1.33 bits per heavy atom. The summed E-state index contributed by atoms with van der Waals surface area (Å²) in [4.78, 5) is 0. The monoisotopic (exact) mass is 283 g/mol. The Morgan fingerprint density at radius 3 is 2.33 bits per heavy atom. The second-order valence-corrected chi connectivity index (χ2v) is 3.71. The summed E-state index contributed by atoms with van der Waals surface area (Å²) in [6.45, 7) is 0.148. The highest BCUT2D eigenvalue weighted by molar-refractivity contribution is 14.1. The zero-order valence-corrected chi connectivity index (χ0v) is 8.39. The molecule has 2 N–H and O–H groups in total. The van der Waals surface area contributed by atoms with E-state index < -0.39 is 3.93 Å². The number of hydrogen-bond donors (Lipinski definition) is 1.